The van der Waals surface area contributed by atoms with Crippen LogP contribution in [0.3, 0.4) is 0 Å². The van der Waals surface area contributed by atoms with Crippen molar-refractivity contribution in [2.45, 2.75) is 32.1 Å². The fourth-order valence-electron chi connectivity index (χ4n) is 2.73. The lowest BCUT2D eigenvalue weighted by Crippen LogP contribution is -2.41. The summed E-state index contributed by atoms with van der Waals surface area (Å²) >= 11 is 9.22. The highest BCUT2D eigenvalue weighted by molar-refractivity contribution is 9.10. The molecule has 3 nitrogen and oxygen atoms in total. The number of amides is 1. The summed E-state index contributed by atoms with van der Waals surface area (Å²) in [5.41, 5.74) is 0.422. The molecule has 0 saturated heterocycles. The Kier molecular flexibility index (Phi) is 5.47. The molecular weight excluding hydrogens is 342 g/mol. The van der Waals surface area contributed by atoms with Crippen LogP contribution in [0, 0.1) is 5.41 Å². The van der Waals surface area contributed by atoms with Gasteiger partial charge >= 0.3 is 0 Å². The second kappa shape index (κ2) is 6.92. The number of rotatable bonds is 4. The minimum atomic E-state index is -0.146. The largest absolute Gasteiger partial charge is 0.396 e. The Morgan fingerprint density at radius 1 is 1.35 bits per heavy atom. The number of aliphatic hydroxyl groups excluding tert-OH is 1. The van der Waals surface area contributed by atoms with Crippen molar-refractivity contribution >= 4 is 33.4 Å². The second-order valence-corrected chi connectivity index (χ2v) is 6.82. The summed E-state index contributed by atoms with van der Waals surface area (Å²) in [6.45, 7) is 0.659. The normalized spacial score (nSPS) is 17.8. The zero-order valence-corrected chi connectivity index (χ0v) is 13.6. The van der Waals surface area contributed by atoms with Crippen molar-refractivity contribution in [2.24, 2.45) is 5.41 Å². The highest BCUT2D eigenvalue weighted by Gasteiger charge is 2.31. The lowest BCUT2D eigenvalue weighted by molar-refractivity contribution is 0.0717. The molecule has 1 fully saturated rings. The lowest BCUT2D eigenvalue weighted by atomic mass is 9.74. The zero-order valence-electron chi connectivity index (χ0n) is 11.3. The van der Waals surface area contributed by atoms with Crippen LogP contribution in [-0.4, -0.2) is 24.2 Å². The number of carbonyl (C=O) groups excluding carboxylic acids is 1. The molecule has 0 spiro atoms. The van der Waals surface area contributed by atoms with Crippen molar-refractivity contribution in [3.05, 3.63) is 33.3 Å². The fraction of sp³-hybridized carbons (Fsp3) is 0.533. The van der Waals surface area contributed by atoms with Gasteiger partial charge in [0, 0.05) is 21.5 Å². The van der Waals surface area contributed by atoms with Gasteiger partial charge in [0.15, 0.2) is 0 Å². The van der Waals surface area contributed by atoms with Crippen molar-refractivity contribution in [3.63, 3.8) is 0 Å². The maximum absolute atomic E-state index is 12.2. The van der Waals surface area contributed by atoms with E-state index >= 15 is 0 Å². The fourth-order valence-corrected chi connectivity index (χ4v) is 3.59. The summed E-state index contributed by atoms with van der Waals surface area (Å²) in [7, 11) is 0. The SMILES string of the molecule is O=C(NCC1(CO)CCCCC1)c1ccc(Cl)cc1Br. The third-order valence-electron chi connectivity index (χ3n) is 4.05. The van der Waals surface area contributed by atoms with Crippen LogP contribution in [0.2, 0.25) is 5.02 Å². The van der Waals surface area contributed by atoms with Gasteiger partial charge in [0.1, 0.15) is 0 Å². The van der Waals surface area contributed by atoms with Gasteiger partial charge in [0.05, 0.1) is 12.2 Å². The van der Waals surface area contributed by atoms with Crippen LogP contribution in [0.15, 0.2) is 22.7 Å². The average Bonchev–Trinajstić information content (AvgIpc) is 2.46. The van der Waals surface area contributed by atoms with Crippen LogP contribution in [-0.2, 0) is 0 Å². The molecule has 1 aliphatic carbocycles. The van der Waals surface area contributed by atoms with Crippen molar-refractivity contribution in [1.29, 1.82) is 0 Å². The Labute approximate surface area is 132 Å². The van der Waals surface area contributed by atoms with Gasteiger partial charge in [0.25, 0.3) is 5.91 Å². The molecule has 0 heterocycles. The standard InChI is InChI=1S/C15H19BrClNO2/c16-13-8-11(17)4-5-12(13)14(20)18-9-15(10-19)6-2-1-3-7-15/h4-5,8,19H,1-3,6-7,9-10H2,(H,18,20). The van der Waals surface area contributed by atoms with Crippen molar-refractivity contribution in [1.82, 2.24) is 5.32 Å². The molecule has 1 saturated carbocycles. The van der Waals surface area contributed by atoms with Crippen LogP contribution < -0.4 is 5.32 Å². The van der Waals surface area contributed by atoms with E-state index < -0.39 is 0 Å². The van der Waals surface area contributed by atoms with E-state index in [1.807, 2.05) is 0 Å². The van der Waals surface area contributed by atoms with E-state index in [4.69, 9.17) is 11.6 Å². The molecule has 2 N–H and O–H groups in total. The minimum Gasteiger partial charge on any atom is -0.396 e. The monoisotopic (exact) mass is 359 g/mol. The van der Waals surface area contributed by atoms with E-state index in [9.17, 15) is 9.90 Å². The molecule has 2 rings (SSSR count). The molecule has 5 heteroatoms. The van der Waals surface area contributed by atoms with Crippen LogP contribution >= 0.6 is 27.5 Å². The first-order valence-electron chi connectivity index (χ1n) is 6.90. The topological polar surface area (TPSA) is 49.3 Å². The van der Waals surface area contributed by atoms with E-state index in [2.05, 4.69) is 21.2 Å². The second-order valence-electron chi connectivity index (χ2n) is 5.53. The summed E-state index contributed by atoms with van der Waals surface area (Å²) in [6, 6.07) is 5.11. The van der Waals surface area contributed by atoms with Gasteiger partial charge in [-0.05, 0) is 47.0 Å². The molecule has 1 aliphatic rings. The molecule has 110 valence electrons. The van der Waals surface area contributed by atoms with Crippen molar-refractivity contribution in [3.8, 4) is 0 Å². The van der Waals surface area contributed by atoms with Crippen LogP contribution in [0.25, 0.3) is 0 Å². The van der Waals surface area contributed by atoms with E-state index in [1.54, 1.807) is 18.2 Å². The van der Waals surface area contributed by atoms with Crippen molar-refractivity contribution in [2.75, 3.05) is 13.2 Å². The van der Waals surface area contributed by atoms with Gasteiger partial charge < -0.3 is 10.4 Å². The molecule has 1 aromatic rings. The minimum absolute atomic E-state index is 0.132. The van der Waals surface area contributed by atoms with Gasteiger partial charge in [-0.1, -0.05) is 30.9 Å². The Bertz CT molecular complexity index is 487. The Morgan fingerprint density at radius 2 is 2.05 bits per heavy atom. The molecule has 0 atom stereocenters. The van der Waals surface area contributed by atoms with Crippen LogP contribution in [0.1, 0.15) is 42.5 Å². The zero-order chi connectivity index (χ0) is 14.6. The summed E-state index contributed by atoms with van der Waals surface area (Å²) < 4.78 is 0.684. The molecule has 0 unspecified atom stereocenters. The predicted octanol–water partition coefficient (Wildman–Crippen LogP) is 3.78. The highest BCUT2D eigenvalue weighted by Crippen LogP contribution is 2.35. The number of aliphatic hydroxyl groups is 1. The number of benzene rings is 1. The number of nitrogens with one attached hydrogen (secondary N) is 1. The van der Waals surface area contributed by atoms with E-state index in [0.29, 0.717) is 21.6 Å². The molecular formula is C15H19BrClNO2. The average molecular weight is 361 g/mol. The third-order valence-corrected chi connectivity index (χ3v) is 4.94. The van der Waals surface area contributed by atoms with Crippen molar-refractivity contribution < 1.29 is 9.90 Å². The quantitative estimate of drug-likeness (QED) is 0.858. The van der Waals surface area contributed by atoms with Gasteiger partial charge in [0.2, 0.25) is 0 Å². The summed E-state index contributed by atoms with van der Waals surface area (Å²) in [5, 5.41) is 13.2. The molecule has 0 aromatic heterocycles. The predicted molar refractivity (Wildman–Crippen MR) is 84.1 cm³/mol. The lowest BCUT2D eigenvalue weighted by Gasteiger charge is -2.35. The molecule has 1 aromatic carbocycles. The Hall–Kier alpha value is -0.580. The molecule has 0 aliphatic heterocycles. The first kappa shape index (κ1) is 15.8. The van der Waals surface area contributed by atoms with E-state index in [1.165, 1.54) is 6.42 Å². The smallest absolute Gasteiger partial charge is 0.252 e. The molecule has 0 bridgehead atoms. The van der Waals surface area contributed by atoms with Gasteiger partial charge in [-0.15, -0.1) is 0 Å². The maximum Gasteiger partial charge on any atom is 0.252 e. The number of hydrogen-bond donors (Lipinski definition) is 2. The van der Waals surface area contributed by atoms with Gasteiger partial charge in [-0.25, -0.2) is 0 Å². The highest BCUT2D eigenvalue weighted by atomic mass is 79.9. The van der Waals surface area contributed by atoms with Crippen LogP contribution in [0.5, 0.6) is 0 Å². The first-order valence-corrected chi connectivity index (χ1v) is 8.08. The van der Waals surface area contributed by atoms with Gasteiger partial charge in [-0.3, -0.25) is 4.79 Å². The molecule has 0 radical (unpaired) electrons. The summed E-state index contributed by atoms with van der Waals surface area (Å²) in [4.78, 5) is 12.2. The molecule has 20 heavy (non-hydrogen) atoms. The molecule has 1 amide bonds. The van der Waals surface area contributed by atoms with Gasteiger partial charge in [-0.2, -0.15) is 0 Å². The Morgan fingerprint density at radius 3 is 2.65 bits per heavy atom. The first-order chi connectivity index (χ1) is 9.56. The van der Waals surface area contributed by atoms with Crippen LogP contribution in [0.4, 0.5) is 0 Å². The Balaban J connectivity index is 2.00. The number of halogens is 2. The summed E-state index contributed by atoms with van der Waals surface area (Å²) in [5.74, 6) is -0.132. The number of hydrogen-bond acceptors (Lipinski definition) is 2. The maximum atomic E-state index is 12.2. The number of carbonyl (C=O) groups is 1. The van der Waals surface area contributed by atoms with E-state index in [0.717, 1.165) is 25.7 Å². The van der Waals surface area contributed by atoms with E-state index in [-0.39, 0.29) is 17.9 Å². The third kappa shape index (κ3) is 3.74. The summed E-state index contributed by atoms with van der Waals surface area (Å²) in [6.07, 6.45) is 5.43.